The average molecular weight is 367 g/mol. The molecule has 0 fully saturated rings. The van der Waals surface area contributed by atoms with E-state index in [9.17, 15) is 4.79 Å². The molecule has 4 nitrogen and oxygen atoms in total. The Hall–Kier alpha value is -0.472. The molecule has 0 aliphatic carbocycles. The molecule has 1 amide bonds. The Labute approximate surface area is 95.7 Å². The topological polar surface area (TPSA) is 41.6 Å². The number of nitrogens with one attached hydrogen (secondary N) is 1. The Bertz CT molecular complexity index is 241. The minimum atomic E-state index is -0.197. The van der Waals surface area contributed by atoms with Gasteiger partial charge >= 0.3 is 95.5 Å². The number of carbonyl (C=O) groups is 1. The van der Waals surface area contributed by atoms with Gasteiger partial charge in [0.1, 0.15) is 0 Å². The van der Waals surface area contributed by atoms with Crippen LogP contribution < -0.4 is 5.32 Å². The van der Waals surface area contributed by atoms with E-state index in [-0.39, 0.29) is 11.6 Å². The van der Waals surface area contributed by atoms with Crippen LogP contribution in [0.15, 0.2) is 5.70 Å². The van der Waals surface area contributed by atoms with Crippen LogP contribution in [0.25, 0.3) is 0 Å². The Kier molecular flexibility index (Phi) is 6.67. The number of nitrogens with zero attached hydrogens (tertiary/aromatic N) is 1. The number of rotatable bonds is 6. The van der Waals surface area contributed by atoms with Crippen molar-refractivity contribution in [3.8, 4) is 0 Å². The Balaban J connectivity index is 4.41. The van der Waals surface area contributed by atoms with E-state index in [1.54, 1.807) is 19.1 Å². The van der Waals surface area contributed by atoms with E-state index in [0.29, 0.717) is 13.2 Å². The molecule has 0 aromatic carbocycles. The summed E-state index contributed by atoms with van der Waals surface area (Å²) in [7, 11) is 3.23. The molecule has 0 aliphatic rings. The van der Waals surface area contributed by atoms with Crippen LogP contribution >= 0.6 is 0 Å². The van der Waals surface area contributed by atoms with Crippen molar-refractivity contribution >= 4 is 9.93 Å². The number of amides is 1. The van der Waals surface area contributed by atoms with E-state index in [2.05, 4.69) is 5.32 Å². The molecule has 0 saturated carbocycles. The molecule has 14 heavy (non-hydrogen) atoms. The minimum absolute atomic E-state index is 0.154. The predicted molar refractivity (Wildman–Crippen MR) is 51.1 cm³/mol. The number of carbonyl (C=O) groups excluding carboxylic acids is 1. The average Bonchev–Trinajstić information content (AvgIpc) is 2.16. The van der Waals surface area contributed by atoms with Crippen molar-refractivity contribution in [2.75, 3.05) is 27.3 Å². The summed E-state index contributed by atoms with van der Waals surface area (Å²) in [6.07, 6.45) is 0. The first-order valence-corrected chi connectivity index (χ1v) is 5.62. The summed E-state index contributed by atoms with van der Waals surface area (Å²) in [6, 6.07) is 0. The first-order chi connectivity index (χ1) is 6.54. The van der Waals surface area contributed by atoms with Crippen molar-refractivity contribution in [2.24, 2.45) is 0 Å². The number of hydrogen-bond acceptors (Lipinski definition) is 3. The van der Waals surface area contributed by atoms with Crippen LogP contribution in [0.1, 0.15) is 6.92 Å². The van der Waals surface area contributed by atoms with Gasteiger partial charge in [-0.2, -0.15) is 0 Å². The van der Waals surface area contributed by atoms with Crippen LogP contribution in [0.3, 0.4) is 0 Å². The zero-order valence-electron chi connectivity index (χ0n) is 8.66. The number of methoxy groups -OCH3 is 1. The van der Waals surface area contributed by atoms with E-state index in [0.717, 1.165) is 4.02 Å². The fourth-order valence-corrected chi connectivity index (χ4v) is 1.46. The standard InChI is InChI=1S/C9H15N2O2.W/c1-5-11(6-7-13-4)9(12)8(2)10-3;/h2,10H,6-7H2,1,3-4H3;/q-1;. The molecule has 0 rings (SSSR count). The molecule has 0 aromatic heterocycles. The Morgan fingerprint density at radius 3 is 2.57 bits per heavy atom. The van der Waals surface area contributed by atoms with Crippen LogP contribution in [0.2, 0.25) is 0 Å². The first-order valence-electron chi connectivity index (χ1n) is 4.16. The van der Waals surface area contributed by atoms with E-state index in [1.165, 1.54) is 19.4 Å². The van der Waals surface area contributed by atoms with Crippen molar-refractivity contribution in [1.29, 1.82) is 0 Å². The third-order valence-corrected chi connectivity index (χ3v) is 2.44. The van der Waals surface area contributed by atoms with Gasteiger partial charge in [0.15, 0.2) is 0 Å². The monoisotopic (exact) mass is 367 g/mol. The zero-order chi connectivity index (χ0) is 11.1. The molecule has 0 unspecified atom stereocenters. The molecule has 0 saturated heterocycles. The van der Waals surface area contributed by atoms with Crippen molar-refractivity contribution in [1.82, 2.24) is 10.2 Å². The molecular weight excluding hydrogens is 352 g/mol. The maximum atomic E-state index is 11.7. The van der Waals surface area contributed by atoms with Gasteiger partial charge in [-0.25, -0.2) is 0 Å². The molecule has 80 valence electrons. The zero-order valence-corrected chi connectivity index (χ0v) is 11.6. The van der Waals surface area contributed by atoms with Gasteiger partial charge < -0.3 is 0 Å². The third-order valence-electron chi connectivity index (χ3n) is 1.64. The molecule has 0 bridgehead atoms. The summed E-state index contributed by atoms with van der Waals surface area (Å²) in [5.74, 6) is -0.197. The van der Waals surface area contributed by atoms with Gasteiger partial charge in [-0.15, -0.1) is 0 Å². The molecule has 0 radical (unpaired) electrons. The SMILES string of the molecule is [CH-]=C(NC)C(=O)N(CCOC)[C](C)=[W]. The van der Waals surface area contributed by atoms with Crippen molar-refractivity contribution in [2.45, 2.75) is 6.92 Å². The van der Waals surface area contributed by atoms with Crippen LogP contribution in [-0.4, -0.2) is 42.1 Å². The summed E-state index contributed by atoms with van der Waals surface area (Å²) < 4.78 is 5.89. The van der Waals surface area contributed by atoms with Gasteiger partial charge in [0.25, 0.3) is 0 Å². The quantitative estimate of drug-likeness (QED) is 0.518. The normalized spacial score (nSPS) is 9.36. The van der Waals surface area contributed by atoms with Gasteiger partial charge in [0.2, 0.25) is 0 Å². The Morgan fingerprint density at radius 2 is 2.21 bits per heavy atom. The van der Waals surface area contributed by atoms with Crippen LogP contribution in [0, 0.1) is 6.58 Å². The van der Waals surface area contributed by atoms with E-state index in [1.807, 2.05) is 6.92 Å². The third kappa shape index (κ3) is 4.16. The molecule has 0 aromatic rings. The predicted octanol–water partition coefficient (Wildman–Crippen LogP) is -0.306. The van der Waals surface area contributed by atoms with Crippen LogP contribution in [-0.2, 0) is 28.9 Å². The fourth-order valence-electron chi connectivity index (χ4n) is 0.837. The second-order valence-corrected chi connectivity index (χ2v) is 4.75. The number of hydrogen-bond donors (Lipinski definition) is 1. The first kappa shape index (κ1) is 13.5. The van der Waals surface area contributed by atoms with Gasteiger partial charge in [0, 0.05) is 0 Å². The van der Waals surface area contributed by atoms with Gasteiger partial charge in [-0.1, -0.05) is 0 Å². The molecule has 5 heteroatoms. The molecule has 0 spiro atoms. The second kappa shape index (κ2) is 6.91. The van der Waals surface area contributed by atoms with Gasteiger partial charge in [0.05, 0.1) is 0 Å². The number of likely N-dealkylation sites (N-methyl/N-ethyl adjacent to an activating group) is 1. The van der Waals surface area contributed by atoms with Crippen molar-refractivity contribution in [3.05, 3.63) is 12.3 Å². The summed E-state index contributed by atoms with van der Waals surface area (Å²) in [5, 5.41) is 2.63. The van der Waals surface area contributed by atoms with E-state index >= 15 is 0 Å². The fraction of sp³-hybridized carbons (Fsp3) is 0.556. The second-order valence-electron chi connectivity index (χ2n) is 2.63. The van der Waals surface area contributed by atoms with Crippen LogP contribution in [0.4, 0.5) is 0 Å². The van der Waals surface area contributed by atoms with Gasteiger partial charge in [-0.3, -0.25) is 0 Å². The van der Waals surface area contributed by atoms with E-state index in [4.69, 9.17) is 11.3 Å². The molecular formula is C9H15N2O2W-. The summed E-state index contributed by atoms with van der Waals surface area (Å²) >= 11 is 1.24. The van der Waals surface area contributed by atoms with Crippen molar-refractivity contribution < 1.29 is 28.9 Å². The van der Waals surface area contributed by atoms with E-state index < -0.39 is 0 Å². The van der Waals surface area contributed by atoms with Gasteiger partial charge in [-0.05, 0) is 0 Å². The summed E-state index contributed by atoms with van der Waals surface area (Å²) in [6.45, 7) is 8.43. The maximum absolute atomic E-state index is 11.7. The number of ether oxygens (including phenoxy) is 1. The molecule has 0 heterocycles. The molecule has 0 aliphatic heterocycles. The summed E-state index contributed by atoms with van der Waals surface area (Å²) in [4.78, 5) is 13.3. The summed E-state index contributed by atoms with van der Waals surface area (Å²) in [5.41, 5.74) is 0.154. The Morgan fingerprint density at radius 1 is 1.64 bits per heavy atom. The van der Waals surface area contributed by atoms with Crippen LogP contribution in [0.5, 0.6) is 0 Å². The molecule has 0 atom stereocenters. The van der Waals surface area contributed by atoms with Crippen molar-refractivity contribution in [3.63, 3.8) is 0 Å². The molecule has 1 N–H and O–H groups in total.